The molecular weight excluding hydrogens is 316 g/mol. The van der Waals surface area contributed by atoms with Gasteiger partial charge in [0.15, 0.2) is 0 Å². The van der Waals surface area contributed by atoms with Gasteiger partial charge in [-0.3, -0.25) is 4.79 Å². The molecule has 1 amide bonds. The van der Waals surface area contributed by atoms with Gasteiger partial charge in [0, 0.05) is 25.2 Å². The van der Waals surface area contributed by atoms with Crippen LogP contribution in [0.3, 0.4) is 0 Å². The van der Waals surface area contributed by atoms with Crippen LogP contribution in [0.25, 0.3) is 0 Å². The van der Waals surface area contributed by atoms with E-state index in [0.717, 1.165) is 25.9 Å². The van der Waals surface area contributed by atoms with Gasteiger partial charge in [0.25, 0.3) is 5.91 Å². The van der Waals surface area contributed by atoms with Crippen LogP contribution >= 0.6 is 23.4 Å². The summed E-state index contributed by atoms with van der Waals surface area (Å²) in [5.74, 6) is 2.63. The van der Waals surface area contributed by atoms with Gasteiger partial charge in [-0.2, -0.15) is 11.8 Å². The molecule has 1 N–H and O–H groups in total. The fourth-order valence-corrected chi connectivity index (χ4v) is 4.57. The maximum absolute atomic E-state index is 12.5. The number of amides is 1. The summed E-state index contributed by atoms with van der Waals surface area (Å²) in [7, 11) is 0. The van der Waals surface area contributed by atoms with Crippen LogP contribution in [0.4, 0.5) is 0 Å². The largest absolute Gasteiger partial charge is 0.338 e. The summed E-state index contributed by atoms with van der Waals surface area (Å²) in [6, 6.07) is 8.56. The summed E-state index contributed by atoms with van der Waals surface area (Å²) in [6.07, 6.45) is 4.65. The predicted molar refractivity (Wildman–Crippen MR) is 93.9 cm³/mol. The third kappa shape index (κ3) is 3.98. The number of hydrogen-bond donors (Lipinski definition) is 1. The van der Waals surface area contributed by atoms with Crippen molar-refractivity contribution in [2.45, 2.75) is 37.8 Å². The van der Waals surface area contributed by atoms with E-state index in [1.165, 1.54) is 24.3 Å². The molecule has 2 saturated heterocycles. The number of piperidine rings is 1. The van der Waals surface area contributed by atoms with Gasteiger partial charge in [0.2, 0.25) is 0 Å². The molecule has 0 aromatic heterocycles. The molecule has 2 aliphatic heterocycles. The van der Waals surface area contributed by atoms with Gasteiger partial charge in [0.1, 0.15) is 0 Å². The summed E-state index contributed by atoms with van der Waals surface area (Å²) in [5, 5.41) is 4.34. The molecule has 3 nitrogen and oxygen atoms in total. The average molecular weight is 339 g/mol. The topological polar surface area (TPSA) is 32.3 Å². The van der Waals surface area contributed by atoms with Gasteiger partial charge in [0.05, 0.1) is 10.6 Å². The Morgan fingerprint density at radius 2 is 1.73 bits per heavy atom. The number of hydrogen-bond acceptors (Lipinski definition) is 3. The second-order valence-corrected chi connectivity index (χ2v) is 7.73. The lowest BCUT2D eigenvalue weighted by Crippen LogP contribution is -2.48. The first-order valence-corrected chi connectivity index (χ1v) is 9.65. The average Bonchev–Trinajstić information content (AvgIpc) is 2.56. The molecule has 0 bridgehead atoms. The second-order valence-electron chi connectivity index (χ2n) is 6.10. The van der Waals surface area contributed by atoms with Crippen LogP contribution in [-0.4, -0.2) is 47.5 Å². The highest BCUT2D eigenvalue weighted by atomic mass is 35.5. The third-order valence-corrected chi connectivity index (χ3v) is 5.96. The number of halogens is 1. The molecule has 0 spiro atoms. The monoisotopic (exact) mass is 338 g/mol. The van der Waals surface area contributed by atoms with Gasteiger partial charge in [-0.25, -0.2) is 0 Å². The van der Waals surface area contributed by atoms with Crippen molar-refractivity contribution in [3.63, 3.8) is 0 Å². The van der Waals surface area contributed by atoms with Crippen LogP contribution < -0.4 is 5.32 Å². The summed E-state index contributed by atoms with van der Waals surface area (Å²) >= 11 is 8.19. The molecule has 0 radical (unpaired) electrons. The zero-order chi connectivity index (χ0) is 15.4. The fraction of sp³-hybridized carbons (Fsp3) is 0.588. The van der Waals surface area contributed by atoms with E-state index >= 15 is 0 Å². The van der Waals surface area contributed by atoms with E-state index in [9.17, 15) is 4.79 Å². The van der Waals surface area contributed by atoms with E-state index in [-0.39, 0.29) is 5.91 Å². The van der Waals surface area contributed by atoms with E-state index < -0.39 is 0 Å². The Balaban J connectivity index is 1.51. The first-order chi connectivity index (χ1) is 10.7. The molecule has 2 aliphatic rings. The van der Waals surface area contributed by atoms with Crippen LogP contribution in [0.15, 0.2) is 24.3 Å². The lowest BCUT2D eigenvalue weighted by Gasteiger charge is -2.35. The minimum absolute atomic E-state index is 0.0677. The van der Waals surface area contributed by atoms with Crippen molar-refractivity contribution < 1.29 is 4.79 Å². The molecule has 2 fully saturated rings. The number of rotatable bonds is 3. The second kappa shape index (κ2) is 7.71. The maximum Gasteiger partial charge on any atom is 0.255 e. The maximum atomic E-state index is 12.5. The van der Waals surface area contributed by atoms with Gasteiger partial charge < -0.3 is 10.2 Å². The highest BCUT2D eigenvalue weighted by molar-refractivity contribution is 7.99. The summed E-state index contributed by atoms with van der Waals surface area (Å²) in [5.41, 5.74) is 0.625. The Morgan fingerprint density at radius 3 is 2.41 bits per heavy atom. The molecule has 0 unspecified atom stereocenters. The van der Waals surface area contributed by atoms with E-state index in [2.05, 4.69) is 17.1 Å². The molecule has 120 valence electrons. The Hall–Kier alpha value is -0.710. The SMILES string of the molecule is O=C(c1ccccc1Cl)N1CCC(NC2CCSCC2)CC1. The van der Waals surface area contributed by atoms with Crippen LogP contribution in [0.5, 0.6) is 0 Å². The lowest BCUT2D eigenvalue weighted by molar-refractivity contribution is 0.0701. The van der Waals surface area contributed by atoms with Crippen LogP contribution in [0.2, 0.25) is 5.02 Å². The summed E-state index contributed by atoms with van der Waals surface area (Å²) < 4.78 is 0. The lowest BCUT2D eigenvalue weighted by atomic mass is 10.0. The van der Waals surface area contributed by atoms with Crippen molar-refractivity contribution in [2.75, 3.05) is 24.6 Å². The zero-order valence-electron chi connectivity index (χ0n) is 12.8. The van der Waals surface area contributed by atoms with Crippen molar-refractivity contribution >= 4 is 29.3 Å². The van der Waals surface area contributed by atoms with Crippen LogP contribution in [0.1, 0.15) is 36.0 Å². The Morgan fingerprint density at radius 1 is 1.09 bits per heavy atom. The zero-order valence-corrected chi connectivity index (χ0v) is 14.3. The molecule has 3 rings (SSSR count). The van der Waals surface area contributed by atoms with E-state index in [1.807, 2.05) is 23.1 Å². The van der Waals surface area contributed by atoms with Crippen molar-refractivity contribution in [1.82, 2.24) is 10.2 Å². The number of benzene rings is 1. The molecule has 0 atom stereocenters. The minimum atomic E-state index is 0.0677. The van der Waals surface area contributed by atoms with Crippen molar-refractivity contribution in [2.24, 2.45) is 0 Å². The Labute approximate surface area is 141 Å². The van der Waals surface area contributed by atoms with E-state index in [0.29, 0.717) is 22.7 Å². The van der Waals surface area contributed by atoms with Crippen LogP contribution in [-0.2, 0) is 0 Å². The molecule has 1 aromatic rings. The first kappa shape index (κ1) is 16.2. The number of carbonyl (C=O) groups is 1. The normalized spacial score (nSPS) is 21.0. The summed E-state index contributed by atoms with van der Waals surface area (Å²) in [4.78, 5) is 14.5. The standard InChI is InChI=1S/C17H23ClN2OS/c18-16-4-2-1-3-15(16)17(21)20-9-5-13(6-10-20)19-14-7-11-22-12-8-14/h1-4,13-14,19H,5-12H2. The van der Waals surface area contributed by atoms with Crippen LogP contribution in [0, 0.1) is 0 Å². The number of carbonyl (C=O) groups excluding carboxylic acids is 1. The molecule has 0 saturated carbocycles. The van der Waals surface area contributed by atoms with Crippen molar-refractivity contribution in [3.8, 4) is 0 Å². The number of nitrogens with one attached hydrogen (secondary N) is 1. The molecule has 5 heteroatoms. The van der Waals surface area contributed by atoms with E-state index in [1.54, 1.807) is 6.07 Å². The molecule has 1 aromatic carbocycles. The first-order valence-electron chi connectivity index (χ1n) is 8.11. The minimum Gasteiger partial charge on any atom is -0.338 e. The fourth-order valence-electron chi connectivity index (χ4n) is 3.25. The van der Waals surface area contributed by atoms with Gasteiger partial charge >= 0.3 is 0 Å². The molecule has 0 aliphatic carbocycles. The number of likely N-dealkylation sites (tertiary alicyclic amines) is 1. The molecular formula is C17H23ClN2OS. The Bertz CT molecular complexity index is 511. The highest BCUT2D eigenvalue weighted by Crippen LogP contribution is 2.22. The Kier molecular flexibility index (Phi) is 5.66. The van der Waals surface area contributed by atoms with E-state index in [4.69, 9.17) is 11.6 Å². The number of thioether (sulfide) groups is 1. The van der Waals surface area contributed by atoms with Crippen molar-refractivity contribution in [3.05, 3.63) is 34.9 Å². The predicted octanol–water partition coefficient (Wildman–Crippen LogP) is 3.43. The van der Waals surface area contributed by atoms with Gasteiger partial charge in [-0.1, -0.05) is 23.7 Å². The number of nitrogens with zero attached hydrogens (tertiary/aromatic N) is 1. The van der Waals surface area contributed by atoms with Gasteiger partial charge in [-0.15, -0.1) is 0 Å². The van der Waals surface area contributed by atoms with Crippen molar-refractivity contribution in [1.29, 1.82) is 0 Å². The molecule has 2 heterocycles. The summed E-state index contributed by atoms with van der Waals surface area (Å²) in [6.45, 7) is 1.65. The van der Waals surface area contributed by atoms with Gasteiger partial charge in [-0.05, 0) is 49.3 Å². The highest BCUT2D eigenvalue weighted by Gasteiger charge is 2.26. The quantitative estimate of drug-likeness (QED) is 0.916. The molecule has 22 heavy (non-hydrogen) atoms. The third-order valence-electron chi connectivity index (χ3n) is 4.58. The smallest absolute Gasteiger partial charge is 0.255 e.